The first kappa shape index (κ1) is 16.4. The molecule has 17 heavy (non-hydrogen) atoms. The van der Waals surface area contributed by atoms with Crippen LogP contribution in [0.2, 0.25) is 0 Å². The quantitative estimate of drug-likeness (QED) is 0.730. The molecular weight excluding hydrogens is 240 g/mol. The fraction of sp³-hybridized carbons (Fsp3) is 0.917. The van der Waals surface area contributed by atoms with Crippen molar-refractivity contribution < 1.29 is 18.3 Å². The lowest BCUT2D eigenvalue weighted by molar-refractivity contribution is -0.146. The molecule has 0 aliphatic rings. The molecule has 1 N–H and O–H groups in total. The minimum atomic E-state index is -3.10. The summed E-state index contributed by atoms with van der Waals surface area (Å²) in [5.74, 6) is -1.52. The van der Waals surface area contributed by atoms with Crippen LogP contribution in [0.1, 0.15) is 46.5 Å². The maximum absolute atomic E-state index is 11.3. The van der Waals surface area contributed by atoms with Crippen LogP contribution in [0.4, 0.5) is 0 Å². The van der Waals surface area contributed by atoms with Gasteiger partial charge in [0, 0.05) is 6.26 Å². The smallest absolute Gasteiger partial charge is 0.307 e. The van der Waals surface area contributed by atoms with Crippen molar-refractivity contribution in [2.24, 2.45) is 11.3 Å². The van der Waals surface area contributed by atoms with E-state index in [9.17, 15) is 18.3 Å². The van der Waals surface area contributed by atoms with Gasteiger partial charge in [-0.3, -0.25) is 4.79 Å². The molecule has 0 aromatic carbocycles. The summed E-state index contributed by atoms with van der Waals surface area (Å²) in [7, 11) is -3.10. The van der Waals surface area contributed by atoms with E-state index in [-0.39, 0.29) is 17.6 Å². The highest BCUT2D eigenvalue weighted by Gasteiger charge is 2.37. The van der Waals surface area contributed by atoms with Gasteiger partial charge < -0.3 is 5.11 Å². The van der Waals surface area contributed by atoms with Gasteiger partial charge in [0.25, 0.3) is 0 Å². The number of carboxylic acid groups (broad SMARTS) is 1. The maximum Gasteiger partial charge on any atom is 0.307 e. The molecule has 0 aliphatic heterocycles. The lowest BCUT2D eigenvalue weighted by Crippen LogP contribution is -2.34. The summed E-state index contributed by atoms with van der Waals surface area (Å²) in [5.41, 5.74) is -0.314. The van der Waals surface area contributed by atoms with Crippen molar-refractivity contribution in [3.63, 3.8) is 0 Å². The lowest BCUT2D eigenvalue weighted by Gasteiger charge is -2.34. The second-order valence-electron chi connectivity index (χ2n) is 5.07. The van der Waals surface area contributed by atoms with E-state index < -0.39 is 21.7 Å². The van der Waals surface area contributed by atoms with E-state index >= 15 is 0 Å². The number of carboxylic acids is 1. The summed E-state index contributed by atoms with van der Waals surface area (Å²) in [6, 6.07) is 0. The molecule has 5 heteroatoms. The van der Waals surface area contributed by atoms with E-state index in [0.717, 1.165) is 25.5 Å². The zero-order chi connectivity index (χ0) is 13.7. The van der Waals surface area contributed by atoms with Gasteiger partial charge in [0.05, 0.1) is 11.7 Å². The highest BCUT2D eigenvalue weighted by molar-refractivity contribution is 7.90. The largest absolute Gasteiger partial charge is 0.481 e. The minimum absolute atomic E-state index is 0.0523. The van der Waals surface area contributed by atoms with Crippen molar-refractivity contribution >= 4 is 15.8 Å². The average molecular weight is 264 g/mol. The topological polar surface area (TPSA) is 71.4 Å². The molecule has 0 spiro atoms. The van der Waals surface area contributed by atoms with Gasteiger partial charge in [-0.15, -0.1) is 0 Å². The first-order valence-corrected chi connectivity index (χ1v) is 8.13. The number of hydrogen-bond acceptors (Lipinski definition) is 3. The van der Waals surface area contributed by atoms with Crippen LogP contribution >= 0.6 is 0 Å². The average Bonchev–Trinajstić information content (AvgIpc) is 2.15. The van der Waals surface area contributed by atoms with Gasteiger partial charge in [0.2, 0.25) is 0 Å². The van der Waals surface area contributed by atoms with Crippen molar-refractivity contribution in [1.29, 1.82) is 0 Å². The van der Waals surface area contributed by atoms with Crippen LogP contribution in [0.25, 0.3) is 0 Å². The first-order valence-electron chi connectivity index (χ1n) is 6.06. The van der Waals surface area contributed by atoms with Crippen molar-refractivity contribution in [3.05, 3.63) is 0 Å². The lowest BCUT2D eigenvalue weighted by atomic mass is 9.71. The minimum Gasteiger partial charge on any atom is -0.481 e. The van der Waals surface area contributed by atoms with E-state index in [1.165, 1.54) is 0 Å². The van der Waals surface area contributed by atoms with E-state index in [1.807, 2.05) is 20.8 Å². The Balaban J connectivity index is 4.89. The molecule has 0 radical (unpaired) electrons. The predicted octanol–water partition coefficient (Wildman–Crippen LogP) is 2.34. The molecule has 4 nitrogen and oxygen atoms in total. The third-order valence-corrected chi connectivity index (χ3v) is 4.52. The number of aliphatic carboxylic acids is 1. The van der Waals surface area contributed by atoms with E-state index in [4.69, 9.17) is 0 Å². The highest BCUT2D eigenvalue weighted by Crippen LogP contribution is 2.38. The summed E-state index contributed by atoms with van der Waals surface area (Å²) in [6.45, 7) is 5.92. The molecule has 0 amide bonds. The van der Waals surface area contributed by atoms with Gasteiger partial charge in [0.1, 0.15) is 9.84 Å². The molecule has 2 atom stereocenters. The summed E-state index contributed by atoms with van der Waals surface area (Å²) >= 11 is 0. The highest BCUT2D eigenvalue weighted by atomic mass is 32.2. The Morgan fingerprint density at radius 2 is 1.88 bits per heavy atom. The van der Waals surface area contributed by atoms with Crippen molar-refractivity contribution in [2.75, 3.05) is 12.0 Å². The monoisotopic (exact) mass is 264 g/mol. The molecule has 0 saturated carbocycles. The van der Waals surface area contributed by atoms with E-state index in [1.54, 1.807) is 0 Å². The number of rotatable bonds is 8. The van der Waals surface area contributed by atoms with Crippen molar-refractivity contribution in [1.82, 2.24) is 0 Å². The second-order valence-corrected chi connectivity index (χ2v) is 7.33. The Bertz CT molecular complexity index is 348. The second kappa shape index (κ2) is 6.38. The zero-order valence-electron chi connectivity index (χ0n) is 11.2. The van der Waals surface area contributed by atoms with Crippen LogP contribution in [0.5, 0.6) is 0 Å². The van der Waals surface area contributed by atoms with Gasteiger partial charge in [-0.05, 0) is 24.7 Å². The van der Waals surface area contributed by atoms with Crippen LogP contribution in [0, 0.1) is 11.3 Å². The van der Waals surface area contributed by atoms with E-state index in [0.29, 0.717) is 0 Å². The summed E-state index contributed by atoms with van der Waals surface area (Å²) in [6.07, 6.45) is 3.83. The van der Waals surface area contributed by atoms with Crippen LogP contribution in [-0.4, -0.2) is 31.5 Å². The third-order valence-electron chi connectivity index (χ3n) is 3.55. The molecule has 0 rings (SSSR count). The Kier molecular flexibility index (Phi) is 6.16. The summed E-state index contributed by atoms with van der Waals surface area (Å²) in [5, 5.41) is 9.27. The molecule has 0 aromatic heterocycles. The van der Waals surface area contributed by atoms with Gasteiger partial charge >= 0.3 is 5.97 Å². The molecular formula is C12H24O4S. The molecule has 0 aromatic rings. The molecule has 102 valence electrons. The van der Waals surface area contributed by atoms with Crippen LogP contribution < -0.4 is 0 Å². The molecule has 0 aliphatic carbocycles. The van der Waals surface area contributed by atoms with Gasteiger partial charge in [-0.25, -0.2) is 8.42 Å². The number of carbonyl (C=O) groups is 1. The Morgan fingerprint density at radius 3 is 2.18 bits per heavy atom. The molecule has 2 unspecified atom stereocenters. The molecule has 0 fully saturated rings. The SMILES string of the molecule is CCCC(C)(CC)C(CCS(C)(=O)=O)C(=O)O. The number of hydrogen-bond donors (Lipinski definition) is 1. The first-order chi connectivity index (χ1) is 7.66. The molecule has 0 saturated heterocycles. The fourth-order valence-corrected chi connectivity index (χ4v) is 2.93. The van der Waals surface area contributed by atoms with Crippen molar-refractivity contribution in [2.45, 2.75) is 46.5 Å². The van der Waals surface area contributed by atoms with Gasteiger partial charge in [-0.2, -0.15) is 0 Å². The van der Waals surface area contributed by atoms with E-state index in [2.05, 4.69) is 0 Å². The molecule has 0 heterocycles. The Hall–Kier alpha value is -0.580. The predicted molar refractivity (Wildman–Crippen MR) is 68.8 cm³/mol. The Morgan fingerprint density at radius 1 is 1.35 bits per heavy atom. The summed E-state index contributed by atoms with van der Waals surface area (Å²) < 4.78 is 22.3. The van der Waals surface area contributed by atoms with Gasteiger partial charge in [0.15, 0.2) is 0 Å². The van der Waals surface area contributed by atoms with Crippen LogP contribution in [0.3, 0.4) is 0 Å². The normalized spacial score (nSPS) is 17.4. The zero-order valence-corrected chi connectivity index (χ0v) is 12.0. The van der Waals surface area contributed by atoms with Crippen molar-refractivity contribution in [3.8, 4) is 0 Å². The Labute approximate surface area is 104 Å². The molecule has 0 bridgehead atoms. The fourth-order valence-electron chi connectivity index (χ4n) is 2.27. The standard InChI is InChI=1S/C12H24O4S/c1-5-8-12(3,6-2)10(11(13)14)7-9-17(4,15)16/h10H,5-9H2,1-4H3,(H,13,14). The number of sulfone groups is 1. The maximum atomic E-state index is 11.3. The third kappa shape index (κ3) is 5.52. The van der Waals surface area contributed by atoms with Crippen LogP contribution in [-0.2, 0) is 14.6 Å². The van der Waals surface area contributed by atoms with Crippen LogP contribution in [0.15, 0.2) is 0 Å². The summed E-state index contributed by atoms with van der Waals surface area (Å²) in [4.78, 5) is 11.3. The van der Waals surface area contributed by atoms with Gasteiger partial charge in [-0.1, -0.05) is 27.2 Å².